The van der Waals surface area contributed by atoms with E-state index in [0.29, 0.717) is 0 Å². The molecule has 0 aliphatic carbocycles. The molecule has 0 N–H and O–H groups in total. The highest BCUT2D eigenvalue weighted by atomic mass is 79.9. The van der Waals surface area contributed by atoms with Crippen molar-refractivity contribution in [2.75, 3.05) is 0 Å². The zero-order valence-electron chi connectivity index (χ0n) is 4.54. The van der Waals surface area contributed by atoms with Gasteiger partial charge in [0.2, 0.25) is 5.82 Å². The Balaban J connectivity index is 3.34. The van der Waals surface area contributed by atoms with Gasteiger partial charge in [-0.25, -0.2) is 9.37 Å². The Hall–Kier alpha value is -0.580. The molecule has 0 aliphatic rings. The van der Waals surface area contributed by atoms with Crippen LogP contribution in [0.2, 0.25) is 0 Å². The number of rotatable bonds is 0. The van der Waals surface area contributed by atoms with Gasteiger partial charge in [-0.2, -0.15) is 8.78 Å². The van der Waals surface area contributed by atoms with Crippen LogP contribution in [0.1, 0.15) is 0 Å². The summed E-state index contributed by atoms with van der Waals surface area (Å²) in [5.41, 5.74) is 0. The Morgan fingerprint density at radius 2 is 1.80 bits per heavy atom. The zero-order valence-corrected chi connectivity index (χ0v) is 6.12. The van der Waals surface area contributed by atoms with Gasteiger partial charge in [-0.1, -0.05) is 0 Å². The third-order valence-electron chi connectivity index (χ3n) is 0.875. The number of pyridine rings is 1. The van der Waals surface area contributed by atoms with E-state index in [2.05, 4.69) is 20.9 Å². The molecule has 1 aromatic heterocycles. The second-order valence-corrected chi connectivity index (χ2v) is 2.38. The predicted molar refractivity (Wildman–Crippen MR) is 31.8 cm³/mol. The predicted octanol–water partition coefficient (Wildman–Crippen LogP) is 2.26. The normalized spacial score (nSPS) is 10.0. The first-order valence-corrected chi connectivity index (χ1v) is 3.07. The Kier molecular flexibility index (Phi) is 1.94. The van der Waals surface area contributed by atoms with Crippen LogP contribution in [0.3, 0.4) is 0 Å². The van der Waals surface area contributed by atoms with E-state index in [0.717, 1.165) is 6.20 Å². The van der Waals surface area contributed by atoms with Crippen molar-refractivity contribution in [3.63, 3.8) is 0 Å². The van der Waals surface area contributed by atoms with E-state index in [1.807, 2.05) is 0 Å². The standard InChI is InChI=1S/C5HBrF3N/c6-2-1-10-5(9)4(8)3(2)7/h1H. The van der Waals surface area contributed by atoms with E-state index in [1.165, 1.54) is 0 Å². The van der Waals surface area contributed by atoms with E-state index < -0.39 is 17.6 Å². The van der Waals surface area contributed by atoms with Crippen molar-refractivity contribution in [3.05, 3.63) is 28.3 Å². The minimum atomic E-state index is -1.56. The zero-order chi connectivity index (χ0) is 7.72. The molecule has 0 saturated heterocycles. The molecule has 0 aromatic carbocycles. The molecule has 10 heavy (non-hydrogen) atoms. The quantitative estimate of drug-likeness (QED) is 0.601. The van der Waals surface area contributed by atoms with Crippen LogP contribution >= 0.6 is 15.9 Å². The molecule has 1 rings (SSSR count). The maximum Gasteiger partial charge on any atom is 0.252 e. The van der Waals surface area contributed by atoms with Gasteiger partial charge >= 0.3 is 0 Å². The van der Waals surface area contributed by atoms with Crippen molar-refractivity contribution < 1.29 is 13.2 Å². The summed E-state index contributed by atoms with van der Waals surface area (Å²) < 4.78 is 36.3. The molecule has 0 spiro atoms. The molecule has 54 valence electrons. The van der Waals surface area contributed by atoms with E-state index >= 15 is 0 Å². The number of hydrogen-bond donors (Lipinski definition) is 0. The van der Waals surface area contributed by atoms with Gasteiger partial charge in [0.25, 0.3) is 5.95 Å². The molecular formula is C5HBrF3N. The number of hydrogen-bond acceptors (Lipinski definition) is 1. The summed E-state index contributed by atoms with van der Waals surface area (Å²) in [5, 5.41) is 0. The van der Waals surface area contributed by atoms with E-state index in [4.69, 9.17) is 0 Å². The molecule has 0 saturated carbocycles. The Morgan fingerprint density at radius 1 is 1.20 bits per heavy atom. The van der Waals surface area contributed by atoms with E-state index in [-0.39, 0.29) is 4.47 Å². The summed E-state index contributed by atoms with van der Waals surface area (Å²) in [7, 11) is 0. The molecule has 1 nitrogen and oxygen atoms in total. The summed E-state index contributed by atoms with van der Waals surface area (Å²) in [6.45, 7) is 0. The first-order chi connectivity index (χ1) is 4.63. The third kappa shape index (κ3) is 1.13. The summed E-state index contributed by atoms with van der Waals surface area (Å²) >= 11 is 2.64. The first-order valence-electron chi connectivity index (χ1n) is 2.28. The van der Waals surface area contributed by atoms with Gasteiger partial charge in [0.05, 0.1) is 4.47 Å². The lowest BCUT2D eigenvalue weighted by Crippen LogP contribution is -1.94. The summed E-state index contributed by atoms with van der Waals surface area (Å²) in [4.78, 5) is 2.91. The second kappa shape index (κ2) is 2.57. The topological polar surface area (TPSA) is 12.9 Å². The fourth-order valence-electron chi connectivity index (χ4n) is 0.422. The van der Waals surface area contributed by atoms with Crippen LogP contribution in [0.15, 0.2) is 10.7 Å². The molecule has 0 radical (unpaired) electrons. The summed E-state index contributed by atoms with van der Waals surface area (Å²) in [6.07, 6.45) is 0.855. The first kappa shape index (κ1) is 7.53. The average Bonchev–Trinajstić information content (AvgIpc) is 1.93. The minimum Gasteiger partial charge on any atom is -0.224 e. The van der Waals surface area contributed by atoms with Crippen molar-refractivity contribution in [2.24, 2.45) is 0 Å². The van der Waals surface area contributed by atoms with Gasteiger partial charge in [0.1, 0.15) is 0 Å². The lowest BCUT2D eigenvalue weighted by Gasteiger charge is -1.94. The van der Waals surface area contributed by atoms with Crippen molar-refractivity contribution >= 4 is 15.9 Å². The monoisotopic (exact) mass is 211 g/mol. The van der Waals surface area contributed by atoms with Crippen molar-refractivity contribution in [1.29, 1.82) is 0 Å². The molecular weight excluding hydrogens is 211 g/mol. The van der Waals surface area contributed by atoms with Crippen molar-refractivity contribution in [3.8, 4) is 0 Å². The lowest BCUT2D eigenvalue weighted by atomic mass is 10.4. The molecule has 0 unspecified atom stereocenters. The third-order valence-corrected chi connectivity index (χ3v) is 1.43. The molecule has 1 heterocycles. The van der Waals surface area contributed by atoms with Crippen LogP contribution in [0.25, 0.3) is 0 Å². The molecule has 0 amide bonds. The number of aromatic nitrogens is 1. The largest absolute Gasteiger partial charge is 0.252 e. The highest BCUT2D eigenvalue weighted by Crippen LogP contribution is 2.17. The molecule has 5 heteroatoms. The van der Waals surface area contributed by atoms with Gasteiger partial charge in [-0.15, -0.1) is 0 Å². The van der Waals surface area contributed by atoms with Gasteiger partial charge in [0, 0.05) is 6.20 Å². The van der Waals surface area contributed by atoms with Gasteiger partial charge in [-0.05, 0) is 15.9 Å². The van der Waals surface area contributed by atoms with Crippen LogP contribution in [-0.4, -0.2) is 4.98 Å². The number of nitrogens with zero attached hydrogens (tertiary/aromatic N) is 1. The number of halogens is 4. The smallest absolute Gasteiger partial charge is 0.224 e. The van der Waals surface area contributed by atoms with Crippen LogP contribution in [-0.2, 0) is 0 Å². The van der Waals surface area contributed by atoms with Crippen molar-refractivity contribution in [1.82, 2.24) is 4.98 Å². The molecule has 0 aliphatic heterocycles. The van der Waals surface area contributed by atoms with Crippen LogP contribution in [0.5, 0.6) is 0 Å². The fourth-order valence-corrected chi connectivity index (χ4v) is 0.699. The Morgan fingerprint density at radius 3 is 2.30 bits per heavy atom. The summed E-state index contributed by atoms with van der Waals surface area (Å²) in [6, 6.07) is 0. The second-order valence-electron chi connectivity index (χ2n) is 1.52. The van der Waals surface area contributed by atoms with Gasteiger partial charge in [0.15, 0.2) is 5.82 Å². The van der Waals surface area contributed by atoms with E-state index in [9.17, 15) is 13.2 Å². The van der Waals surface area contributed by atoms with Crippen LogP contribution in [0, 0.1) is 17.6 Å². The molecule has 0 atom stereocenters. The maximum absolute atomic E-state index is 12.3. The fraction of sp³-hybridized carbons (Fsp3) is 0. The highest BCUT2D eigenvalue weighted by Gasteiger charge is 2.11. The SMILES string of the molecule is Fc1ncc(Br)c(F)c1F. The van der Waals surface area contributed by atoms with Crippen LogP contribution < -0.4 is 0 Å². The highest BCUT2D eigenvalue weighted by molar-refractivity contribution is 9.10. The van der Waals surface area contributed by atoms with Gasteiger partial charge in [-0.3, -0.25) is 0 Å². The average molecular weight is 212 g/mol. The molecule has 1 aromatic rings. The van der Waals surface area contributed by atoms with Gasteiger partial charge < -0.3 is 0 Å². The lowest BCUT2D eigenvalue weighted by molar-refractivity contribution is 0.423. The minimum absolute atomic E-state index is 0.189. The van der Waals surface area contributed by atoms with Crippen LogP contribution in [0.4, 0.5) is 13.2 Å². The summed E-state index contributed by atoms with van der Waals surface area (Å²) in [5.74, 6) is -4.25. The van der Waals surface area contributed by atoms with E-state index in [1.54, 1.807) is 0 Å². The molecule has 0 fully saturated rings. The van der Waals surface area contributed by atoms with Crippen molar-refractivity contribution in [2.45, 2.75) is 0 Å². The Bertz CT molecular complexity index is 236. The Labute approximate surface area is 63.0 Å². The maximum atomic E-state index is 12.3. The molecule has 0 bridgehead atoms.